The number of methoxy groups -OCH3 is 2. The SMILES string of the molecule is COc1cc2nc(SC(C)C(=O)Nc3ccc(S(N)(=O)=O)cc3)n(Cc3ccccc3)c(=O)c2cc1OC. The molecule has 0 saturated carbocycles. The molecular weight excluding hydrogens is 528 g/mol. The first-order valence-corrected chi connectivity index (χ1v) is 13.8. The smallest absolute Gasteiger partial charge is 0.262 e. The van der Waals surface area contributed by atoms with Gasteiger partial charge in [0.25, 0.3) is 5.56 Å². The number of rotatable bonds is 9. The third kappa shape index (κ3) is 5.98. The lowest BCUT2D eigenvalue weighted by atomic mass is 10.2. The highest BCUT2D eigenvalue weighted by molar-refractivity contribution is 8.00. The zero-order valence-corrected chi connectivity index (χ0v) is 22.5. The molecule has 38 heavy (non-hydrogen) atoms. The minimum Gasteiger partial charge on any atom is -0.493 e. The number of sulfonamides is 1. The summed E-state index contributed by atoms with van der Waals surface area (Å²) in [5.74, 6) is 0.482. The van der Waals surface area contributed by atoms with E-state index >= 15 is 0 Å². The van der Waals surface area contributed by atoms with E-state index in [1.165, 1.54) is 43.1 Å². The zero-order valence-electron chi connectivity index (χ0n) is 20.9. The van der Waals surface area contributed by atoms with Crippen LogP contribution in [0.15, 0.2) is 81.6 Å². The number of fused-ring (bicyclic) bond motifs is 1. The molecule has 4 aromatic rings. The van der Waals surface area contributed by atoms with Gasteiger partial charge in [0.15, 0.2) is 16.7 Å². The van der Waals surface area contributed by atoms with Crippen LogP contribution < -0.4 is 25.5 Å². The van der Waals surface area contributed by atoms with Crippen molar-refractivity contribution in [2.45, 2.75) is 28.8 Å². The Balaban J connectivity index is 1.68. The van der Waals surface area contributed by atoms with Gasteiger partial charge in [-0.3, -0.25) is 14.2 Å². The fourth-order valence-corrected chi connectivity index (χ4v) is 5.13. The van der Waals surface area contributed by atoms with E-state index in [1.54, 1.807) is 19.1 Å². The molecule has 0 saturated heterocycles. The van der Waals surface area contributed by atoms with E-state index in [4.69, 9.17) is 19.6 Å². The van der Waals surface area contributed by atoms with Crippen LogP contribution in [0.2, 0.25) is 0 Å². The number of carbonyl (C=O) groups excluding carboxylic acids is 1. The summed E-state index contributed by atoms with van der Waals surface area (Å²) in [6, 6.07) is 18.2. The van der Waals surface area contributed by atoms with E-state index in [0.717, 1.165) is 17.3 Å². The van der Waals surface area contributed by atoms with Crippen LogP contribution in [0.4, 0.5) is 5.69 Å². The number of nitrogens with one attached hydrogen (secondary N) is 1. The molecule has 0 radical (unpaired) electrons. The summed E-state index contributed by atoms with van der Waals surface area (Å²) in [4.78, 5) is 31.3. The second-order valence-electron chi connectivity index (χ2n) is 8.31. The van der Waals surface area contributed by atoms with Crippen molar-refractivity contribution in [1.29, 1.82) is 0 Å². The van der Waals surface area contributed by atoms with Crippen LogP contribution in [-0.4, -0.2) is 43.3 Å². The van der Waals surface area contributed by atoms with Crippen molar-refractivity contribution in [2.24, 2.45) is 5.14 Å². The normalized spacial score (nSPS) is 12.2. The van der Waals surface area contributed by atoms with E-state index in [-0.39, 0.29) is 22.9 Å². The van der Waals surface area contributed by atoms with Crippen molar-refractivity contribution in [3.8, 4) is 11.5 Å². The maximum absolute atomic E-state index is 13.6. The van der Waals surface area contributed by atoms with Crippen LogP contribution in [0.5, 0.6) is 11.5 Å². The summed E-state index contributed by atoms with van der Waals surface area (Å²) in [6.45, 7) is 1.94. The van der Waals surface area contributed by atoms with Crippen molar-refractivity contribution in [3.05, 3.63) is 82.6 Å². The van der Waals surface area contributed by atoms with Crippen molar-refractivity contribution < 1.29 is 22.7 Å². The number of anilines is 1. The van der Waals surface area contributed by atoms with Gasteiger partial charge in [0, 0.05) is 11.8 Å². The average molecular weight is 555 g/mol. The molecule has 1 aromatic heterocycles. The summed E-state index contributed by atoms with van der Waals surface area (Å²) in [7, 11) is -0.851. The second kappa shape index (κ2) is 11.3. The Morgan fingerprint density at radius 2 is 1.68 bits per heavy atom. The van der Waals surface area contributed by atoms with Gasteiger partial charge in [0.1, 0.15) is 0 Å². The number of hydrogen-bond donors (Lipinski definition) is 2. The molecule has 1 unspecified atom stereocenters. The van der Waals surface area contributed by atoms with Crippen LogP contribution in [0.25, 0.3) is 10.9 Å². The number of thioether (sulfide) groups is 1. The number of primary sulfonamides is 1. The largest absolute Gasteiger partial charge is 0.493 e. The van der Waals surface area contributed by atoms with Crippen molar-refractivity contribution in [3.63, 3.8) is 0 Å². The van der Waals surface area contributed by atoms with Crippen LogP contribution in [0.1, 0.15) is 12.5 Å². The van der Waals surface area contributed by atoms with Gasteiger partial charge in [0.05, 0.1) is 41.8 Å². The predicted molar refractivity (Wildman–Crippen MR) is 146 cm³/mol. The van der Waals surface area contributed by atoms with E-state index in [0.29, 0.717) is 33.2 Å². The fraction of sp³-hybridized carbons (Fsp3) is 0.192. The molecule has 10 nitrogen and oxygen atoms in total. The highest BCUT2D eigenvalue weighted by Gasteiger charge is 2.21. The van der Waals surface area contributed by atoms with E-state index in [2.05, 4.69) is 5.32 Å². The van der Waals surface area contributed by atoms with Gasteiger partial charge in [-0.2, -0.15) is 0 Å². The highest BCUT2D eigenvalue weighted by atomic mass is 32.2. The minimum absolute atomic E-state index is 0.0599. The maximum Gasteiger partial charge on any atom is 0.262 e. The highest BCUT2D eigenvalue weighted by Crippen LogP contribution is 2.32. The van der Waals surface area contributed by atoms with Gasteiger partial charge in [0.2, 0.25) is 15.9 Å². The molecule has 1 amide bonds. The molecule has 4 rings (SSSR count). The Morgan fingerprint density at radius 1 is 1.05 bits per heavy atom. The molecular formula is C26H26N4O6S2. The van der Waals surface area contributed by atoms with E-state index < -0.39 is 15.3 Å². The average Bonchev–Trinajstić information content (AvgIpc) is 2.90. The molecule has 0 aliphatic carbocycles. The molecule has 198 valence electrons. The zero-order chi connectivity index (χ0) is 27.4. The topological polar surface area (TPSA) is 143 Å². The first kappa shape index (κ1) is 27.2. The molecule has 0 bridgehead atoms. The number of carbonyl (C=O) groups is 1. The fourth-order valence-electron chi connectivity index (χ4n) is 3.71. The van der Waals surface area contributed by atoms with Gasteiger partial charge in [-0.05, 0) is 42.8 Å². The van der Waals surface area contributed by atoms with Gasteiger partial charge in [-0.15, -0.1) is 0 Å². The van der Waals surface area contributed by atoms with Gasteiger partial charge >= 0.3 is 0 Å². The first-order chi connectivity index (χ1) is 18.1. The predicted octanol–water partition coefficient (Wildman–Crippen LogP) is 3.23. The van der Waals surface area contributed by atoms with Gasteiger partial charge < -0.3 is 14.8 Å². The number of ether oxygens (including phenoxy) is 2. The number of nitrogens with two attached hydrogens (primary N) is 1. The maximum atomic E-state index is 13.6. The molecule has 3 N–H and O–H groups in total. The van der Waals surface area contributed by atoms with E-state index in [9.17, 15) is 18.0 Å². The standard InChI is InChI=1S/C26H26N4O6S2/c1-16(24(31)28-18-9-11-19(12-10-18)38(27,33)34)37-26-29-21-14-23(36-3)22(35-2)13-20(21)25(32)30(26)15-17-7-5-4-6-8-17/h4-14,16H,15H2,1-3H3,(H,28,31)(H2,27,33,34). The van der Waals surface area contributed by atoms with Crippen LogP contribution in [0.3, 0.4) is 0 Å². The van der Waals surface area contributed by atoms with Crippen molar-refractivity contribution in [2.75, 3.05) is 19.5 Å². The second-order valence-corrected chi connectivity index (χ2v) is 11.2. The first-order valence-electron chi connectivity index (χ1n) is 11.4. The minimum atomic E-state index is -3.84. The number of nitrogens with zero attached hydrogens (tertiary/aromatic N) is 2. The third-order valence-electron chi connectivity index (χ3n) is 5.71. The molecule has 12 heteroatoms. The monoisotopic (exact) mass is 554 g/mol. The van der Waals surface area contributed by atoms with Crippen molar-refractivity contribution >= 4 is 44.3 Å². The lowest BCUT2D eigenvalue weighted by molar-refractivity contribution is -0.115. The number of amides is 1. The molecule has 1 heterocycles. The number of benzene rings is 3. The third-order valence-corrected chi connectivity index (χ3v) is 7.73. The summed E-state index contributed by atoms with van der Waals surface area (Å²) >= 11 is 1.13. The number of aromatic nitrogens is 2. The molecule has 0 spiro atoms. The van der Waals surface area contributed by atoms with Gasteiger partial charge in [-0.1, -0.05) is 42.1 Å². The Hall–Kier alpha value is -3.87. The lowest BCUT2D eigenvalue weighted by Gasteiger charge is -2.17. The Kier molecular flexibility index (Phi) is 8.05. The Bertz CT molecular complexity index is 1640. The van der Waals surface area contributed by atoms with E-state index in [1.807, 2.05) is 30.3 Å². The van der Waals surface area contributed by atoms with Crippen LogP contribution >= 0.6 is 11.8 Å². The molecule has 0 aliphatic rings. The molecule has 3 aromatic carbocycles. The number of hydrogen-bond acceptors (Lipinski definition) is 8. The quantitative estimate of drug-likeness (QED) is 0.237. The molecule has 1 atom stereocenters. The molecule has 0 fully saturated rings. The summed E-state index contributed by atoms with van der Waals surface area (Å²) in [5.41, 5.74) is 1.42. The Morgan fingerprint density at radius 3 is 2.29 bits per heavy atom. The van der Waals surface area contributed by atoms with Crippen LogP contribution in [-0.2, 0) is 21.4 Å². The van der Waals surface area contributed by atoms with Crippen LogP contribution in [0, 0.1) is 0 Å². The van der Waals surface area contributed by atoms with Crippen molar-refractivity contribution in [1.82, 2.24) is 9.55 Å². The Labute approximate surface area is 223 Å². The summed E-state index contributed by atoms with van der Waals surface area (Å²) in [5, 5.41) is 7.93. The van der Waals surface area contributed by atoms with Gasteiger partial charge in [-0.25, -0.2) is 18.5 Å². The summed E-state index contributed by atoms with van der Waals surface area (Å²) < 4.78 is 35.2. The molecule has 0 aliphatic heterocycles. The summed E-state index contributed by atoms with van der Waals surface area (Å²) in [6.07, 6.45) is 0. The lowest BCUT2D eigenvalue weighted by Crippen LogP contribution is -2.27.